The summed E-state index contributed by atoms with van der Waals surface area (Å²) >= 11 is 1.42. The molecule has 2 heterocycles. The number of carbonyl (C=O) groups excluding carboxylic acids is 1. The predicted molar refractivity (Wildman–Crippen MR) is 110 cm³/mol. The molecule has 4 aromatic rings. The zero-order valence-corrected chi connectivity index (χ0v) is 16.4. The van der Waals surface area contributed by atoms with E-state index in [2.05, 4.69) is 4.98 Å². The minimum Gasteiger partial charge on any atom is -0.545 e. The Bertz CT molecular complexity index is 1240. The molecule has 2 aromatic heterocycles. The maximum Gasteiger partial charge on any atom is 0.263 e. The van der Waals surface area contributed by atoms with Crippen molar-refractivity contribution in [2.24, 2.45) is 0 Å². The van der Waals surface area contributed by atoms with E-state index in [-0.39, 0.29) is 17.7 Å². The summed E-state index contributed by atoms with van der Waals surface area (Å²) in [4.78, 5) is 29.3. The number of aromatic carboxylic acids is 1. The maximum atomic E-state index is 13.2. The van der Waals surface area contributed by atoms with Gasteiger partial charge in [-0.15, -0.1) is 11.3 Å². The zero-order chi connectivity index (χ0) is 20.4. The van der Waals surface area contributed by atoms with Gasteiger partial charge in [0.25, 0.3) is 5.56 Å². The molecule has 6 nitrogen and oxygen atoms in total. The fourth-order valence-electron chi connectivity index (χ4n) is 3.18. The molecule has 0 spiro atoms. The highest BCUT2D eigenvalue weighted by Crippen LogP contribution is 2.31. The molecule has 0 aliphatic heterocycles. The van der Waals surface area contributed by atoms with Crippen LogP contribution in [-0.4, -0.2) is 22.1 Å². The van der Waals surface area contributed by atoms with Crippen molar-refractivity contribution in [2.75, 3.05) is 6.61 Å². The molecule has 0 unspecified atom stereocenters. The first-order valence-corrected chi connectivity index (χ1v) is 9.95. The van der Waals surface area contributed by atoms with Crippen molar-refractivity contribution in [2.45, 2.75) is 13.5 Å². The van der Waals surface area contributed by atoms with Crippen molar-refractivity contribution in [3.63, 3.8) is 0 Å². The van der Waals surface area contributed by atoms with Crippen LogP contribution in [0.25, 0.3) is 21.3 Å². The number of carboxylic acids is 1. The van der Waals surface area contributed by atoms with E-state index in [9.17, 15) is 14.7 Å². The van der Waals surface area contributed by atoms with Crippen molar-refractivity contribution in [3.05, 3.63) is 81.7 Å². The third-order valence-corrected chi connectivity index (χ3v) is 5.44. The van der Waals surface area contributed by atoms with Gasteiger partial charge >= 0.3 is 0 Å². The van der Waals surface area contributed by atoms with E-state index in [0.717, 1.165) is 16.9 Å². The van der Waals surface area contributed by atoms with E-state index < -0.39 is 5.97 Å². The molecule has 4 rings (SSSR count). The molecule has 0 saturated carbocycles. The van der Waals surface area contributed by atoms with Crippen molar-refractivity contribution >= 4 is 27.5 Å². The molecule has 0 saturated heterocycles. The van der Waals surface area contributed by atoms with Gasteiger partial charge < -0.3 is 14.6 Å². The summed E-state index contributed by atoms with van der Waals surface area (Å²) in [6.07, 6.45) is 1.49. The largest absolute Gasteiger partial charge is 0.545 e. The standard InChI is InChI=1S/C22H18N2O4S/c1-2-28-17-8-6-15(7-9-17)18-12-29-20-19(18)21(25)24(13-23-20)11-14-4-3-5-16(10-14)22(26)27/h3-10,12-13H,2,11H2,1H3,(H,26,27)/p-1. The highest BCUT2D eigenvalue weighted by molar-refractivity contribution is 7.17. The molecule has 146 valence electrons. The number of hydrogen-bond acceptors (Lipinski definition) is 6. The van der Waals surface area contributed by atoms with Gasteiger partial charge in [0.15, 0.2) is 0 Å². The molecule has 0 atom stereocenters. The summed E-state index contributed by atoms with van der Waals surface area (Å²) < 4.78 is 6.97. The Morgan fingerprint density at radius 3 is 2.72 bits per heavy atom. The number of aromatic nitrogens is 2. The zero-order valence-electron chi connectivity index (χ0n) is 15.6. The number of carbonyl (C=O) groups is 1. The van der Waals surface area contributed by atoms with E-state index in [1.54, 1.807) is 12.1 Å². The molecule has 0 aliphatic rings. The molecule has 0 amide bonds. The van der Waals surface area contributed by atoms with Gasteiger partial charge in [0.2, 0.25) is 0 Å². The van der Waals surface area contributed by atoms with Crippen LogP contribution in [-0.2, 0) is 6.54 Å². The van der Waals surface area contributed by atoms with E-state index >= 15 is 0 Å². The van der Waals surface area contributed by atoms with Crippen LogP contribution in [0.15, 0.2) is 65.0 Å². The number of thiophene rings is 1. The number of fused-ring (bicyclic) bond motifs is 1. The molecule has 2 aromatic carbocycles. The number of hydrogen-bond donors (Lipinski definition) is 0. The van der Waals surface area contributed by atoms with Gasteiger partial charge in [-0.25, -0.2) is 4.98 Å². The first-order valence-electron chi connectivity index (χ1n) is 9.07. The lowest BCUT2D eigenvalue weighted by Gasteiger charge is -2.09. The van der Waals surface area contributed by atoms with Crippen molar-refractivity contribution < 1.29 is 14.6 Å². The Hall–Kier alpha value is -3.45. The third kappa shape index (κ3) is 3.77. The van der Waals surface area contributed by atoms with Crippen LogP contribution in [0.5, 0.6) is 5.75 Å². The molecule has 0 aliphatic carbocycles. The molecule has 0 fully saturated rings. The topological polar surface area (TPSA) is 84.2 Å². The number of benzene rings is 2. The Morgan fingerprint density at radius 1 is 1.21 bits per heavy atom. The average molecular weight is 405 g/mol. The van der Waals surface area contributed by atoms with Crippen LogP contribution in [0.4, 0.5) is 0 Å². The Balaban J connectivity index is 1.74. The Morgan fingerprint density at radius 2 is 2.00 bits per heavy atom. The number of rotatable bonds is 6. The summed E-state index contributed by atoms with van der Waals surface area (Å²) in [5.74, 6) is -0.470. The van der Waals surface area contributed by atoms with E-state index in [0.29, 0.717) is 22.4 Å². The monoisotopic (exact) mass is 405 g/mol. The molecule has 7 heteroatoms. The quantitative estimate of drug-likeness (QED) is 0.492. The van der Waals surface area contributed by atoms with E-state index in [1.807, 2.05) is 36.6 Å². The molecule has 0 bridgehead atoms. The fraction of sp³-hybridized carbons (Fsp3) is 0.136. The van der Waals surface area contributed by atoms with Crippen LogP contribution in [0.2, 0.25) is 0 Å². The van der Waals surface area contributed by atoms with Gasteiger partial charge in [0.1, 0.15) is 10.6 Å². The lowest BCUT2D eigenvalue weighted by molar-refractivity contribution is -0.255. The second-order valence-electron chi connectivity index (χ2n) is 6.45. The van der Waals surface area contributed by atoms with Gasteiger partial charge in [-0.3, -0.25) is 9.36 Å². The number of nitrogens with zero attached hydrogens (tertiary/aromatic N) is 2. The van der Waals surface area contributed by atoms with E-state index in [4.69, 9.17) is 4.74 Å². The Labute approximate surface area is 170 Å². The SMILES string of the molecule is CCOc1ccc(-c2csc3ncn(Cc4cccc(C(=O)[O-])c4)c(=O)c23)cc1. The fourth-order valence-corrected chi connectivity index (χ4v) is 4.09. The van der Waals surface area contributed by atoms with E-state index in [1.165, 1.54) is 34.4 Å². The molecular weight excluding hydrogens is 388 g/mol. The smallest absolute Gasteiger partial charge is 0.263 e. The molecular formula is C22H17N2O4S-. The predicted octanol–water partition coefficient (Wildman–Crippen LogP) is 2.94. The van der Waals surface area contributed by atoms with Crippen molar-refractivity contribution in [1.82, 2.24) is 9.55 Å². The summed E-state index contributed by atoms with van der Waals surface area (Å²) in [7, 11) is 0. The first-order chi connectivity index (χ1) is 14.1. The van der Waals surface area contributed by atoms with Gasteiger partial charge in [-0.05, 0) is 41.8 Å². The molecule has 29 heavy (non-hydrogen) atoms. The third-order valence-electron chi connectivity index (χ3n) is 4.55. The highest BCUT2D eigenvalue weighted by Gasteiger charge is 2.14. The maximum absolute atomic E-state index is 13.2. The first kappa shape index (κ1) is 18.9. The van der Waals surface area contributed by atoms with Gasteiger partial charge in [-0.1, -0.05) is 30.3 Å². The summed E-state index contributed by atoms with van der Waals surface area (Å²) in [5.41, 5.74) is 2.33. The van der Waals surface area contributed by atoms with Crippen LogP contribution < -0.4 is 15.4 Å². The van der Waals surface area contributed by atoms with Crippen molar-refractivity contribution in [1.29, 1.82) is 0 Å². The number of ether oxygens (including phenoxy) is 1. The molecule has 0 radical (unpaired) electrons. The highest BCUT2D eigenvalue weighted by atomic mass is 32.1. The minimum absolute atomic E-state index is 0.0789. The van der Waals surface area contributed by atoms with Crippen LogP contribution >= 0.6 is 11.3 Å². The summed E-state index contributed by atoms with van der Waals surface area (Å²) in [6.45, 7) is 2.74. The normalized spacial score (nSPS) is 10.9. The minimum atomic E-state index is -1.25. The molecule has 0 N–H and O–H groups in total. The van der Waals surface area contributed by atoms with Crippen LogP contribution in [0.3, 0.4) is 0 Å². The van der Waals surface area contributed by atoms with Crippen LogP contribution in [0, 0.1) is 0 Å². The van der Waals surface area contributed by atoms with Gasteiger partial charge in [0.05, 0.1) is 30.8 Å². The lowest BCUT2D eigenvalue weighted by Crippen LogP contribution is -2.23. The average Bonchev–Trinajstić information content (AvgIpc) is 3.16. The summed E-state index contributed by atoms with van der Waals surface area (Å²) in [5, 5.41) is 13.6. The van der Waals surface area contributed by atoms with Gasteiger partial charge in [0, 0.05) is 10.9 Å². The second kappa shape index (κ2) is 7.89. The lowest BCUT2D eigenvalue weighted by atomic mass is 10.1. The summed E-state index contributed by atoms with van der Waals surface area (Å²) in [6, 6.07) is 14.0. The van der Waals surface area contributed by atoms with Crippen LogP contribution in [0.1, 0.15) is 22.8 Å². The number of carboxylic acid groups (broad SMARTS) is 1. The van der Waals surface area contributed by atoms with Crippen molar-refractivity contribution in [3.8, 4) is 16.9 Å². The van der Waals surface area contributed by atoms with Gasteiger partial charge in [-0.2, -0.15) is 0 Å². The Kier molecular flexibility index (Phi) is 5.14. The second-order valence-corrected chi connectivity index (χ2v) is 7.31.